The van der Waals surface area contributed by atoms with Gasteiger partial charge in [0.25, 0.3) is 0 Å². The molecule has 0 saturated heterocycles. The molecule has 0 N–H and O–H groups in total. The van der Waals surface area contributed by atoms with E-state index in [1.165, 1.54) is 0 Å². The van der Waals surface area contributed by atoms with Crippen molar-refractivity contribution < 1.29 is 13.0 Å². The number of aliphatic imine (C=N–C) groups is 1. The van der Waals surface area contributed by atoms with E-state index in [4.69, 9.17) is 0 Å². The van der Waals surface area contributed by atoms with Crippen LogP contribution < -0.4 is 0 Å². The molecule has 0 unspecified atom stereocenters. The summed E-state index contributed by atoms with van der Waals surface area (Å²) in [4.78, 5) is 4.46. The Morgan fingerprint density at radius 3 is 2.33 bits per heavy atom. The highest BCUT2D eigenvalue weighted by molar-refractivity contribution is 8.06. The minimum Gasteiger partial charge on any atom is -0.215 e. The molecule has 0 bridgehead atoms. The van der Waals surface area contributed by atoms with Crippen molar-refractivity contribution in [2.24, 2.45) is 10.1 Å². The van der Waals surface area contributed by atoms with E-state index in [0.717, 1.165) is 11.1 Å². The molecule has 2 rings (SSSR count). The van der Waals surface area contributed by atoms with Crippen molar-refractivity contribution in [3.05, 3.63) is 29.3 Å². The molecular weight excluding hydrogens is 286 g/mol. The zero-order valence-corrected chi connectivity index (χ0v) is 13.8. The van der Waals surface area contributed by atoms with E-state index in [1.54, 1.807) is 6.34 Å². The van der Waals surface area contributed by atoms with Crippen LogP contribution in [0.3, 0.4) is 0 Å². The van der Waals surface area contributed by atoms with E-state index < -0.39 is 9.84 Å². The molecule has 5 nitrogen and oxygen atoms in total. The molecule has 0 spiro atoms. The maximum Gasteiger partial charge on any atom is 0.310 e. The highest BCUT2D eigenvalue weighted by Gasteiger charge is 2.36. The lowest BCUT2D eigenvalue weighted by Gasteiger charge is -2.20. The number of hydrogen-bond acceptors (Lipinski definition) is 4. The Kier molecular flexibility index (Phi) is 4.30. The molecule has 0 aliphatic carbocycles. The van der Waals surface area contributed by atoms with Gasteiger partial charge in [-0.3, -0.25) is 0 Å². The van der Waals surface area contributed by atoms with E-state index >= 15 is 0 Å². The van der Waals surface area contributed by atoms with Crippen molar-refractivity contribution in [2.75, 3.05) is 13.1 Å². The first-order valence-corrected chi connectivity index (χ1v) is 8.74. The third-order valence-corrected chi connectivity index (χ3v) is 5.74. The van der Waals surface area contributed by atoms with Gasteiger partial charge in [-0.1, -0.05) is 25.1 Å². The van der Waals surface area contributed by atoms with Crippen molar-refractivity contribution in [3.63, 3.8) is 0 Å². The van der Waals surface area contributed by atoms with Gasteiger partial charge in [-0.15, -0.1) is 0 Å². The van der Waals surface area contributed by atoms with Gasteiger partial charge in [-0.25, -0.2) is 8.42 Å². The Balaban J connectivity index is 2.58. The fraction of sp³-hybridized carbons (Fsp3) is 0.467. The van der Waals surface area contributed by atoms with Crippen LogP contribution in [0.15, 0.2) is 33.2 Å². The van der Waals surface area contributed by atoms with Gasteiger partial charge in [-0.05, 0) is 43.4 Å². The lowest BCUT2D eigenvalue weighted by molar-refractivity contribution is -0.835. The predicted octanol–water partition coefficient (Wildman–Crippen LogP) is 2.50. The Labute approximate surface area is 126 Å². The van der Waals surface area contributed by atoms with E-state index in [0.29, 0.717) is 24.4 Å². The van der Waals surface area contributed by atoms with Crippen LogP contribution in [-0.2, 0) is 16.3 Å². The number of rotatable bonds is 4. The number of sulfone groups is 1. The molecule has 114 valence electrons. The van der Waals surface area contributed by atoms with Gasteiger partial charge in [0.05, 0.1) is 4.90 Å². The fourth-order valence-electron chi connectivity index (χ4n) is 2.50. The molecule has 0 aromatic heterocycles. The summed E-state index contributed by atoms with van der Waals surface area (Å²) in [6.07, 6.45) is 2.28. The van der Waals surface area contributed by atoms with Crippen LogP contribution in [0.25, 0.3) is 0 Å². The average molecular weight is 308 g/mol. The predicted molar refractivity (Wildman–Crippen MR) is 85.0 cm³/mol. The Morgan fingerprint density at radius 1 is 1.14 bits per heavy atom. The Morgan fingerprint density at radius 2 is 1.81 bits per heavy atom. The summed E-state index contributed by atoms with van der Waals surface area (Å²) in [5.74, 6) is 0. The number of amidine groups is 1. The molecule has 0 fully saturated rings. The van der Waals surface area contributed by atoms with E-state index in [1.807, 2.05) is 45.9 Å². The SMILES string of the molecule is CCc1cccc(C)c1S(=O)(=O)C1=N[N+](CC)(CC)C=N1. The summed E-state index contributed by atoms with van der Waals surface area (Å²) in [5.41, 5.74) is 1.55. The quantitative estimate of drug-likeness (QED) is 0.802. The minimum absolute atomic E-state index is 0.0739. The largest absolute Gasteiger partial charge is 0.310 e. The first kappa shape index (κ1) is 15.9. The molecule has 1 aliphatic heterocycles. The van der Waals surface area contributed by atoms with Gasteiger partial charge >= 0.3 is 5.17 Å². The molecule has 1 aromatic rings. The molecule has 0 saturated carbocycles. The molecule has 1 heterocycles. The highest BCUT2D eigenvalue weighted by atomic mass is 32.2. The van der Waals surface area contributed by atoms with Crippen LogP contribution in [0.5, 0.6) is 0 Å². The summed E-state index contributed by atoms with van der Waals surface area (Å²) in [6, 6.07) is 5.54. The van der Waals surface area contributed by atoms with Gasteiger partial charge in [0.15, 0.2) is 0 Å². The van der Waals surface area contributed by atoms with Crippen LogP contribution in [0.2, 0.25) is 0 Å². The number of quaternary nitrogens is 1. The minimum atomic E-state index is -3.67. The second-order valence-corrected chi connectivity index (χ2v) is 6.95. The van der Waals surface area contributed by atoms with Gasteiger partial charge in [0.2, 0.25) is 16.2 Å². The number of nitrogens with zero attached hydrogens (tertiary/aromatic N) is 3. The van der Waals surface area contributed by atoms with Gasteiger partial charge < -0.3 is 0 Å². The van der Waals surface area contributed by atoms with Crippen molar-refractivity contribution in [1.82, 2.24) is 0 Å². The third-order valence-electron chi connectivity index (χ3n) is 3.95. The topological polar surface area (TPSA) is 58.9 Å². The molecule has 1 aliphatic rings. The van der Waals surface area contributed by atoms with Gasteiger partial charge in [0.1, 0.15) is 13.1 Å². The highest BCUT2D eigenvalue weighted by Crippen LogP contribution is 2.26. The number of aryl methyl sites for hydroxylation is 2. The zero-order valence-electron chi connectivity index (χ0n) is 13.0. The van der Waals surface area contributed by atoms with Crippen LogP contribution in [0, 0.1) is 6.92 Å². The van der Waals surface area contributed by atoms with Crippen molar-refractivity contribution in [3.8, 4) is 0 Å². The summed E-state index contributed by atoms with van der Waals surface area (Å²) in [7, 11) is -3.67. The molecular formula is C15H22N3O2S+. The van der Waals surface area contributed by atoms with Gasteiger partial charge in [0, 0.05) is 0 Å². The van der Waals surface area contributed by atoms with E-state index in [9.17, 15) is 8.42 Å². The number of benzene rings is 1. The fourth-order valence-corrected chi connectivity index (χ4v) is 4.19. The van der Waals surface area contributed by atoms with Gasteiger partial charge in [-0.2, -0.15) is 9.58 Å². The second kappa shape index (κ2) is 5.69. The maximum absolute atomic E-state index is 12.9. The molecule has 21 heavy (non-hydrogen) atoms. The molecule has 6 heteroatoms. The van der Waals surface area contributed by atoms with Crippen molar-refractivity contribution >= 4 is 21.3 Å². The van der Waals surface area contributed by atoms with Crippen LogP contribution in [-0.4, -0.2) is 37.6 Å². The number of hydrogen-bond donors (Lipinski definition) is 0. The van der Waals surface area contributed by atoms with Crippen molar-refractivity contribution in [1.29, 1.82) is 0 Å². The molecule has 0 atom stereocenters. The Bertz CT molecular complexity index is 702. The average Bonchev–Trinajstić information content (AvgIpc) is 2.92. The summed E-state index contributed by atoms with van der Waals surface area (Å²) in [6.45, 7) is 9.08. The normalized spacial score (nSPS) is 17.0. The third kappa shape index (κ3) is 2.65. The Hall–Kier alpha value is -1.53. The zero-order chi connectivity index (χ0) is 15.7. The molecule has 0 radical (unpaired) electrons. The smallest absolute Gasteiger partial charge is 0.215 e. The summed E-state index contributed by atoms with van der Waals surface area (Å²) in [5, 5.41) is 4.29. The molecule has 0 amide bonds. The van der Waals surface area contributed by atoms with E-state index in [-0.39, 0.29) is 9.76 Å². The maximum atomic E-state index is 12.9. The van der Waals surface area contributed by atoms with Crippen LogP contribution >= 0.6 is 0 Å². The van der Waals surface area contributed by atoms with Crippen molar-refractivity contribution in [2.45, 2.75) is 39.0 Å². The lowest BCUT2D eigenvalue weighted by Crippen LogP contribution is -2.39. The standard InChI is InChI=1S/C15H22N3O2S/c1-5-13-10-8-9-12(4)14(13)21(19,20)15-16-11-18(6-2,7-3)17-15/h8-11H,5-7H2,1-4H3/q+1. The second-order valence-electron chi connectivity index (χ2n) is 5.17. The first-order chi connectivity index (χ1) is 9.90. The van der Waals surface area contributed by atoms with E-state index in [2.05, 4.69) is 10.1 Å². The summed E-state index contributed by atoms with van der Waals surface area (Å²) >= 11 is 0. The first-order valence-electron chi connectivity index (χ1n) is 7.26. The van der Waals surface area contributed by atoms with Crippen LogP contribution in [0.1, 0.15) is 31.9 Å². The lowest BCUT2D eigenvalue weighted by atomic mass is 10.1. The van der Waals surface area contributed by atoms with Crippen LogP contribution in [0.4, 0.5) is 0 Å². The molecule has 1 aromatic carbocycles. The summed E-state index contributed by atoms with van der Waals surface area (Å²) < 4.78 is 26.0. The monoisotopic (exact) mass is 308 g/mol.